The van der Waals surface area contributed by atoms with Gasteiger partial charge in [0.1, 0.15) is 5.82 Å². The van der Waals surface area contributed by atoms with E-state index in [9.17, 15) is 0 Å². The zero-order valence-electron chi connectivity index (χ0n) is 9.91. The lowest BCUT2D eigenvalue weighted by atomic mass is 10.1. The van der Waals surface area contributed by atoms with E-state index in [1.54, 1.807) is 0 Å². The van der Waals surface area contributed by atoms with Crippen LogP contribution in [-0.4, -0.2) is 14.9 Å². The molecule has 2 nitrogen and oxygen atoms in total. The number of halogens is 1. The van der Waals surface area contributed by atoms with Crippen LogP contribution in [0.15, 0.2) is 12.4 Å². The molecule has 1 unspecified atom stereocenters. The van der Waals surface area contributed by atoms with Gasteiger partial charge >= 0.3 is 0 Å². The van der Waals surface area contributed by atoms with Crippen molar-refractivity contribution in [1.82, 2.24) is 9.55 Å². The Kier molecular flexibility index (Phi) is 5.16. The van der Waals surface area contributed by atoms with Crippen LogP contribution >= 0.6 is 11.6 Å². The molecule has 0 bridgehead atoms. The first kappa shape index (κ1) is 12.6. The molecule has 1 heterocycles. The maximum absolute atomic E-state index is 6.23. The number of imidazole rings is 1. The number of hydrogen-bond donors (Lipinski definition) is 0. The Bertz CT molecular complexity index is 281. The van der Waals surface area contributed by atoms with Crippen molar-refractivity contribution < 1.29 is 0 Å². The van der Waals surface area contributed by atoms with Gasteiger partial charge in [-0.15, -0.1) is 11.6 Å². The van der Waals surface area contributed by atoms with Gasteiger partial charge in [0.25, 0.3) is 0 Å². The number of aromatic nitrogens is 2. The van der Waals surface area contributed by atoms with Crippen molar-refractivity contribution in [1.29, 1.82) is 0 Å². The number of nitrogens with zero attached hydrogens (tertiary/aromatic N) is 2. The average Bonchev–Trinajstić information content (AvgIpc) is 2.62. The summed E-state index contributed by atoms with van der Waals surface area (Å²) in [6.07, 6.45) is 7.08. The monoisotopic (exact) mass is 228 g/mol. The summed E-state index contributed by atoms with van der Waals surface area (Å²) in [5, 5.41) is 0.261. The van der Waals surface area contributed by atoms with Crippen molar-refractivity contribution in [3.05, 3.63) is 18.2 Å². The van der Waals surface area contributed by atoms with Crippen molar-refractivity contribution in [3.63, 3.8) is 0 Å². The van der Waals surface area contributed by atoms with Crippen LogP contribution < -0.4 is 0 Å². The molecule has 3 heteroatoms. The molecular weight excluding hydrogens is 208 g/mol. The lowest BCUT2D eigenvalue weighted by Gasteiger charge is -2.13. The molecule has 15 heavy (non-hydrogen) atoms. The van der Waals surface area contributed by atoms with E-state index in [0.717, 1.165) is 25.8 Å². The van der Waals surface area contributed by atoms with E-state index in [1.807, 2.05) is 6.20 Å². The van der Waals surface area contributed by atoms with Gasteiger partial charge in [-0.25, -0.2) is 4.98 Å². The van der Waals surface area contributed by atoms with Gasteiger partial charge < -0.3 is 4.57 Å². The number of rotatable bonds is 6. The highest BCUT2D eigenvalue weighted by Crippen LogP contribution is 2.16. The van der Waals surface area contributed by atoms with Crippen molar-refractivity contribution in [3.8, 4) is 0 Å². The third-order valence-electron chi connectivity index (χ3n) is 2.63. The first-order valence-electron chi connectivity index (χ1n) is 5.79. The van der Waals surface area contributed by atoms with Gasteiger partial charge in [0.15, 0.2) is 0 Å². The molecular formula is C12H21ClN2. The predicted octanol–water partition coefficient (Wildman–Crippen LogP) is 3.49. The van der Waals surface area contributed by atoms with Crippen molar-refractivity contribution in [2.45, 2.75) is 52.0 Å². The molecule has 0 aromatic carbocycles. The summed E-state index contributed by atoms with van der Waals surface area (Å²) in [6.45, 7) is 7.57. The zero-order chi connectivity index (χ0) is 11.3. The normalized spacial score (nSPS) is 13.4. The van der Waals surface area contributed by atoms with Crippen LogP contribution in [0.3, 0.4) is 0 Å². The number of alkyl halides is 1. The molecule has 1 aromatic heterocycles. The molecule has 0 aliphatic carbocycles. The van der Waals surface area contributed by atoms with E-state index in [4.69, 9.17) is 11.6 Å². The minimum atomic E-state index is 0.261. The lowest BCUT2D eigenvalue weighted by Crippen LogP contribution is -2.11. The second kappa shape index (κ2) is 6.16. The summed E-state index contributed by atoms with van der Waals surface area (Å²) in [5.74, 6) is 1.71. The highest BCUT2D eigenvalue weighted by atomic mass is 35.5. The van der Waals surface area contributed by atoms with Crippen LogP contribution in [0.2, 0.25) is 0 Å². The maximum atomic E-state index is 6.23. The molecule has 0 saturated heterocycles. The highest BCUT2D eigenvalue weighted by Gasteiger charge is 2.11. The molecule has 0 N–H and O–H groups in total. The molecule has 0 aliphatic rings. The molecule has 1 rings (SSSR count). The minimum Gasteiger partial charge on any atom is -0.335 e. The third kappa shape index (κ3) is 3.86. The minimum absolute atomic E-state index is 0.261. The van der Waals surface area contributed by atoms with Crippen LogP contribution in [0.1, 0.15) is 39.4 Å². The fourth-order valence-corrected chi connectivity index (χ4v) is 1.72. The van der Waals surface area contributed by atoms with Gasteiger partial charge in [-0.05, 0) is 18.8 Å². The van der Waals surface area contributed by atoms with Gasteiger partial charge in [0, 0.05) is 30.7 Å². The number of aryl methyl sites for hydroxylation is 2. The highest BCUT2D eigenvalue weighted by molar-refractivity contribution is 6.20. The Morgan fingerprint density at radius 3 is 2.80 bits per heavy atom. The second-order valence-corrected chi connectivity index (χ2v) is 4.90. The largest absolute Gasteiger partial charge is 0.335 e. The van der Waals surface area contributed by atoms with E-state index in [0.29, 0.717) is 5.92 Å². The average molecular weight is 229 g/mol. The molecule has 1 aromatic rings. The van der Waals surface area contributed by atoms with Gasteiger partial charge in [0.05, 0.1) is 0 Å². The van der Waals surface area contributed by atoms with E-state index < -0.39 is 0 Å². The SMILES string of the molecule is CCCn1ccnc1CCC(Cl)C(C)C. The predicted molar refractivity (Wildman–Crippen MR) is 65.3 cm³/mol. The smallest absolute Gasteiger partial charge is 0.108 e. The second-order valence-electron chi connectivity index (χ2n) is 4.34. The standard InChI is InChI=1S/C12H21ClN2/c1-4-8-15-9-7-14-12(15)6-5-11(13)10(2)3/h7,9-11H,4-6,8H2,1-3H3. The molecule has 0 fully saturated rings. The first-order chi connectivity index (χ1) is 7.15. The third-order valence-corrected chi connectivity index (χ3v) is 3.36. The van der Waals surface area contributed by atoms with E-state index in [-0.39, 0.29) is 5.38 Å². The quantitative estimate of drug-likeness (QED) is 0.682. The fourth-order valence-electron chi connectivity index (χ4n) is 1.61. The van der Waals surface area contributed by atoms with Gasteiger partial charge in [-0.3, -0.25) is 0 Å². The van der Waals surface area contributed by atoms with E-state index in [1.165, 1.54) is 5.82 Å². The summed E-state index contributed by atoms with van der Waals surface area (Å²) in [5.41, 5.74) is 0. The molecule has 0 spiro atoms. The fraction of sp³-hybridized carbons (Fsp3) is 0.750. The lowest BCUT2D eigenvalue weighted by molar-refractivity contribution is 0.544. The van der Waals surface area contributed by atoms with Gasteiger partial charge in [-0.1, -0.05) is 20.8 Å². The molecule has 0 amide bonds. The summed E-state index contributed by atoms with van der Waals surface area (Å²) in [6, 6.07) is 0. The van der Waals surface area contributed by atoms with Crippen LogP contribution in [-0.2, 0) is 13.0 Å². The van der Waals surface area contributed by atoms with Crippen LogP contribution in [0.5, 0.6) is 0 Å². The van der Waals surface area contributed by atoms with E-state index in [2.05, 4.69) is 36.5 Å². The van der Waals surface area contributed by atoms with Gasteiger partial charge in [-0.2, -0.15) is 0 Å². The Morgan fingerprint density at radius 1 is 1.47 bits per heavy atom. The van der Waals surface area contributed by atoms with Crippen LogP contribution in [0, 0.1) is 5.92 Å². The Morgan fingerprint density at radius 2 is 2.20 bits per heavy atom. The Hall–Kier alpha value is -0.500. The molecule has 86 valence electrons. The summed E-state index contributed by atoms with van der Waals surface area (Å²) < 4.78 is 2.23. The maximum Gasteiger partial charge on any atom is 0.108 e. The summed E-state index contributed by atoms with van der Waals surface area (Å²) in [7, 11) is 0. The zero-order valence-corrected chi connectivity index (χ0v) is 10.7. The summed E-state index contributed by atoms with van der Waals surface area (Å²) in [4.78, 5) is 4.37. The van der Waals surface area contributed by atoms with E-state index >= 15 is 0 Å². The number of hydrogen-bond acceptors (Lipinski definition) is 1. The van der Waals surface area contributed by atoms with Crippen LogP contribution in [0.25, 0.3) is 0 Å². The molecule has 0 radical (unpaired) electrons. The van der Waals surface area contributed by atoms with Crippen LogP contribution in [0.4, 0.5) is 0 Å². The molecule has 1 atom stereocenters. The van der Waals surface area contributed by atoms with Crippen molar-refractivity contribution in [2.75, 3.05) is 0 Å². The topological polar surface area (TPSA) is 17.8 Å². The Labute approximate surface area is 97.7 Å². The van der Waals surface area contributed by atoms with Crippen molar-refractivity contribution in [2.24, 2.45) is 5.92 Å². The first-order valence-corrected chi connectivity index (χ1v) is 6.22. The molecule has 0 saturated carbocycles. The Balaban J connectivity index is 2.46. The van der Waals surface area contributed by atoms with Crippen molar-refractivity contribution >= 4 is 11.6 Å². The summed E-state index contributed by atoms with van der Waals surface area (Å²) >= 11 is 6.23. The van der Waals surface area contributed by atoms with Gasteiger partial charge in [0.2, 0.25) is 0 Å². The molecule has 0 aliphatic heterocycles.